The highest BCUT2D eigenvalue weighted by Gasteiger charge is 2.18. The molecule has 0 aromatic heterocycles. The van der Waals surface area contributed by atoms with Gasteiger partial charge in [-0.05, 0) is 37.1 Å². The van der Waals surface area contributed by atoms with Crippen molar-refractivity contribution in [2.45, 2.75) is 31.9 Å². The molecule has 0 spiro atoms. The second-order valence-electron chi connectivity index (χ2n) is 4.96. The van der Waals surface area contributed by atoms with Gasteiger partial charge >= 0.3 is 0 Å². The minimum Gasteiger partial charge on any atom is -0.493 e. The molecule has 1 aromatic rings. The second-order valence-corrected chi connectivity index (χ2v) is 5.88. The van der Waals surface area contributed by atoms with E-state index in [1.165, 1.54) is 18.4 Å². The van der Waals surface area contributed by atoms with Crippen molar-refractivity contribution in [3.8, 4) is 5.75 Å². The number of hydrogen-bond acceptors (Lipinski definition) is 3. The van der Waals surface area contributed by atoms with Crippen LogP contribution in [0.15, 0.2) is 16.6 Å². The summed E-state index contributed by atoms with van der Waals surface area (Å²) in [6.07, 6.45) is 3.50. The van der Waals surface area contributed by atoms with Gasteiger partial charge in [-0.3, -0.25) is 0 Å². The third kappa shape index (κ3) is 2.71. The van der Waals surface area contributed by atoms with Gasteiger partial charge in [0, 0.05) is 22.5 Å². The van der Waals surface area contributed by atoms with E-state index in [4.69, 9.17) is 9.47 Å². The van der Waals surface area contributed by atoms with Crippen molar-refractivity contribution in [3.05, 3.63) is 27.7 Å². The topological polar surface area (TPSA) is 30.5 Å². The molecule has 3 nitrogen and oxygen atoms in total. The fourth-order valence-corrected chi connectivity index (χ4v) is 3.22. The molecule has 1 N–H and O–H groups in total. The first-order valence-electron chi connectivity index (χ1n) is 6.58. The molecule has 1 aromatic carbocycles. The van der Waals surface area contributed by atoms with Crippen molar-refractivity contribution in [2.24, 2.45) is 0 Å². The quantitative estimate of drug-likeness (QED) is 0.927. The first-order chi connectivity index (χ1) is 8.83. The Kier molecular flexibility index (Phi) is 3.87. The average molecular weight is 312 g/mol. The molecule has 3 rings (SSSR count). The van der Waals surface area contributed by atoms with Crippen molar-refractivity contribution < 1.29 is 9.47 Å². The molecule has 0 radical (unpaired) electrons. The van der Waals surface area contributed by atoms with E-state index < -0.39 is 0 Å². The largest absolute Gasteiger partial charge is 0.493 e. The number of nitrogens with one attached hydrogen (secondary N) is 1. The van der Waals surface area contributed by atoms with Gasteiger partial charge in [0.05, 0.1) is 19.8 Å². The van der Waals surface area contributed by atoms with Gasteiger partial charge in [-0.15, -0.1) is 0 Å². The van der Waals surface area contributed by atoms with Gasteiger partial charge in [0.2, 0.25) is 0 Å². The smallest absolute Gasteiger partial charge is 0.128 e. The fourth-order valence-electron chi connectivity index (χ4n) is 2.66. The van der Waals surface area contributed by atoms with Crippen LogP contribution in [0.4, 0.5) is 0 Å². The van der Waals surface area contributed by atoms with Crippen molar-refractivity contribution in [1.29, 1.82) is 0 Å². The molecular weight excluding hydrogens is 294 g/mol. The summed E-state index contributed by atoms with van der Waals surface area (Å²) >= 11 is 3.55. The molecule has 0 saturated carbocycles. The van der Waals surface area contributed by atoms with Gasteiger partial charge in [0.15, 0.2) is 0 Å². The Hall–Kier alpha value is -0.580. The first kappa shape index (κ1) is 12.5. The zero-order chi connectivity index (χ0) is 12.4. The summed E-state index contributed by atoms with van der Waals surface area (Å²) in [6.45, 7) is 3.35. The molecule has 2 aliphatic heterocycles. The highest BCUT2D eigenvalue weighted by molar-refractivity contribution is 9.10. The molecule has 0 aliphatic carbocycles. The lowest BCUT2D eigenvalue weighted by Gasteiger charge is -2.13. The fraction of sp³-hybridized carbons (Fsp3) is 0.571. The second kappa shape index (κ2) is 5.59. The molecule has 1 atom stereocenters. The van der Waals surface area contributed by atoms with Crippen LogP contribution in [0.3, 0.4) is 0 Å². The van der Waals surface area contributed by atoms with Crippen LogP contribution in [0.2, 0.25) is 0 Å². The molecule has 1 saturated heterocycles. The van der Waals surface area contributed by atoms with E-state index in [9.17, 15) is 0 Å². The predicted molar refractivity (Wildman–Crippen MR) is 74.0 cm³/mol. The molecule has 2 heterocycles. The monoisotopic (exact) mass is 311 g/mol. The lowest BCUT2D eigenvalue weighted by molar-refractivity contribution is 0.102. The molecular formula is C14H18BrNO2. The number of halogens is 1. The van der Waals surface area contributed by atoms with Crippen molar-refractivity contribution in [2.75, 3.05) is 19.8 Å². The van der Waals surface area contributed by atoms with E-state index >= 15 is 0 Å². The highest BCUT2D eigenvalue weighted by atomic mass is 79.9. The zero-order valence-corrected chi connectivity index (χ0v) is 12.0. The maximum Gasteiger partial charge on any atom is 0.128 e. The van der Waals surface area contributed by atoms with Crippen LogP contribution >= 0.6 is 15.9 Å². The summed E-state index contributed by atoms with van der Waals surface area (Å²) in [5.74, 6) is 1.04. The normalized spacial score (nSPS) is 21.9. The minimum atomic E-state index is 0.533. The third-order valence-corrected chi connectivity index (χ3v) is 4.02. The summed E-state index contributed by atoms with van der Waals surface area (Å²) < 4.78 is 12.6. The number of ether oxygens (including phenoxy) is 2. The zero-order valence-electron chi connectivity index (χ0n) is 10.4. The molecule has 18 heavy (non-hydrogen) atoms. The molecule has 2 aliphatic rings. The van der Waals surface area contributed by atoms with Crippen LogP contribution in [0.5, 0.6) is 5.75 Å². The number of benzene rings is 1. The summed E-state index contributed by atoms with van der Waals surface area (Å²) in [6, 6.07) is 4.78. The van der Waals surface area contributed by atoms with Gasteiger partial charge in [-0.25, -0.2) is 0 Å². The number of hydrogen-bond donors (Lipinski definition) is 1. The summed E-state index contributed by atoms with van der Waals surface area (Å²) in [7, 11) is 0. The van der Waals surface area contributed by atoms with Crippen molar-refractivity contribution >= 4 is 15.9 Å². The van der Waals surface area contributed by atoms with E-state index in [-0.39, 0.29) is 0 Å². The van der Waals surface area contributed by atoms with Gasteiger partial charge in [-0.1, -0.05) is 15.9 Å². The first-order valence-corrected chi connectivity index (χ1v) is 7.37. The SMILES string of the molecule is Brc1cc2c(c(COCC3CCCN3)c1)OCC2. The van der Waals surface area contributed by atoms with E-state index in [0.29, 0.717) is 12.6 Å². The van der Waals surface area contributed by atoms with E-state index in [0.717, 1.165) is 42.0 Å². The molecule has 0 amide bonds. The average Bonchev–Trinajstić information content (AvgIpc) is 2.98. The summed E-state index contributed by atoms with van der Waals surface area (Å²) in [4.78, 5) is 0. The van der Waals surface area contributed by atoms with Crippen LogP contribution in [-0.2, 0) is 17.8 Å². The van der Waals surface area contributed by atoms with Gasteiger partial charge < -0.3 is 14.8 Å². The Morgan fingerprint density at radius 2 is 2.39 bits per heavy atom. The van der Waals surface area contributed by atoms with E-state index in [1.807, 2.05) is 0 Å². The lowest BCUT2D eigenvalue weighted by Crippen LogP contribution is -2.26. The number of fused-ring (bicyclic) bond motifs is 1. The molecule has 4 heteroatoms. The Balaban J connectivity index is 1.61. The van der Waals surface area contributed by atoms with Crippen LogP contribution in [-0.4, -0.2) is 25.8 Å². The van der Waals surface area contributed by atoms with Crippen LogP contribution in [0, 0.1) is 0 Å². The summed E-state index contributed by atoms with van der Waals surface area (Å²) in [5, 5.41) is 3.44. The highest BCUT2D eigenvalue weighted by Crippen LogP contribution is 2.33. The molecule has 1 unspecified atom stereocenters. The van der Waals surface area contributed by atoms with E-state index in [1.54, 1.807) is 0 Å². The Bertz CT molecular complexity index is 430. The lowest BCUT2D eigenvalue weighted by atomic mass is 10.1. The third-order valence-electron chi connectivity index (χ3n) is 3.56. The molecule has 1 fully saturated rings. The summed E-state index contributed by atoms with van der Waals surface area (Å²) in [5.41, 5.74) is 2.46. The Morgan fingerprint density at radius 3 is 3.22 bits per heavy atom. The molecule has 98 valence electrons. The van der Waals surface area contributed by atoms with E-state index in [2.05, 4.69) is 33.4 Å². The van der Waals surface area contributed by atoms with Crippen LogP contribution in [0.1, 0.15) is 24.0 Å². The molecule has 0 bridgehead atoms. The van der Waals surface area contributed by atoms with Gasteiger partial charge in [-0.2, -0.15) is 0 Å². The standard InChI is InChI=1S/C14H18BrNO2/c15-12-6-10-3-5-18-14(10)11(7-12)8-17-9-13-2-1-4-16-13/h6-7,13,16H,1-5,8-9H2. The van der Waals surface area contributed by atoms with Crippen LogP contribution in [0.25, 0.3) is 0 Å². The van der Waals surface area contributed by atoms with Gasteiger partial charge in [0.25, 0.3) is 0 Å². The van der Waals surface area contributed by atoms with Crippen molar-refractivity contribution in [1.82, 2.24) is 5.32 Å². The maximum atomic E-state index is 5.82. The van der Waals surface area contributed by atoms with Crippen LogP contribution < -0.4 is 10.1 Å². The maximum absolute atomic E-state index is 5.82. The minimum absolute atomic E-state index is 0.533. The predicted octanol–water partition coefficient (Wildman–Crippen LogP) is 2.65. The number of rotatable bonds is 4. The Morgan fingerprint density at radius 1 is 1.44 bits per heavy atom. The Labute approximate surface area is 116 Å². The van der Waals surface area contributed by atoms with Crippen molar-refractivity contribution in [3.63, 3.8) is 0 Å². The van der Waals surface area contributed by atoms with Gasteiger partial charge in [0.1, 0.15) is 5.75 Å².